The first-order valence-corrected chi connectivity index (χ1v) is 12.6. The molecule has 2 aliphatic rings. The second-order valence-corrected chi connectivity index (χ2v) is 10.8. The lowest BCUT2D eigenvalue weighted by atomic mass is 9.90. The lowest BCUT2D eigenvalue weighted by Crippen LogP contribution is -2.64. The van der Waals surface area contributed by atoms with Crippen LogP contribution < -0.4 is 10.1 Å². The molecule has 1 aromatic heterocycles. The lowest BCUT2D eigenvalue weighted by Gasteiger charge is -2.44. The molecule has 34 heavy (non-hydrogen) atoms. The molecule has 0 saturated heterocycles. The van der Waals surface area contributed by atoms with Crippen molar-refractivity contribution < 1.29 is 14.3 Å². The number of amides is 2. The van der Waals surface area contributed by atoms with Gasteiger partial charge in [0, 0.05) is 17.0 Å². The zero-order valence-corrected chi connectivity index (χ0v) is 21.2. The number of hydrogen-bond donors (Lipinski definition) is 1. The Morgan fingerprint density at radius 3 is 2.59 bits per heavy atom. The van der Waals surface area contributed by atoms with Gasteiger partial charge in [0.05, 0.1) is 25.4 Å². The van der Waals surface area contributed by atoms with Gasteiger partial charge < -0.3 is 15.0 Å². The molecule has 1 aromatic carbocycles. The van der Waals surface area contributed by atoms with Crippen molar-refractivity contribution in [3.05, 3.63) is 47.3 Å². The zero-order valence-electron chi connectivity index (χ0n) is 21.2. The summed E-state index contributed by atoms with van der Waals surface area (Å²) in [5.41, 5.74) is 1.00. The van der Waals surface area contributed by atoms with Gasteiger partial charge in [-0.3, -0.25) is 14.3 Å². The second kappa shape index (κ2) is 9.43. The number of hydrogen-bond acceptors (Lipinski definition) is 4. The van der Waals surface area contributed by atoms with Crippen molar-refractivity contribution in [2.45, 2.75) is 96.8 Å². The number of rotatable bonds is 6. The van der Waals surface area contributed by atoms with E-state index in [2.05, 4.69) is 26.1 Å². The highest BCUT2D eigenvalue weighted by Crippen LogP contribution is 2.33. The molecule has 1 saturated carbocycles. The summed E-state index contributed by atoms with van der Waals surface area (Å²) in [6.07, 6.45) is 5.46. The van der Waals surface area contributed by atoms with Gasteiger partial charge in [-0.15, -0.1) is 0 Å². The summed E-state index contributed by atoms with van der Waals surface area (Å²) in [6, 6.07) is 9.77. The molecule has 184 valence electrons. The summed E-state index contributed by atoms with van der Waals surface area (Å²) in [5.74, 6) is 0.448. The molecule has 1 atom stereocenters. The first kappa shape index (κ1) is 24.3. The molecule has 7 nitrogen and oxygen atoms in total. The maximum absolute atomic E-state index is 13.9. The maximum atomic E-state index is 13.9. The van der Waals surface area contributed by atoms with Crippen molar-refractivity contribution in [1.82, 2.24) is 20.0 Å². The zero-order chi connectivity index (χ0) is 24.5. The van der Waals surface area contributed by atoms with Gasteiger partial charge in [-0.25, -0.2) is 0 Å². The third-order valence-electron chi connectivity index (χ3n) is 7.10. The van der Waals surface area contributed by atoms with Gasteiger partial charge in [-0.05, 0) is 38.8 Å². The molecule has 0 spiro atoms. The Balaban J connectivity index is 1.72. The van der Waals surface area contributed by atoms with Crippen molar-refractivity contribution >= 4 is 11.8 Å². The average Bonchev–Trinajstić information content (AvgIpc) is 3.23. The van der Waals surface area contributed by atoms with Crippen LogP contribution >= 0.6 is 0 Å². The third-order valence-corrected chi connectivity index (χ3v) is 7.10. The summed E-state index contributed by atoms with van der Waals surface area (Å²) in [7, 11) is 0. The van der Waals surface area contributed by atoms with E-state index in [9.17, 15) is 9.59 Å². The van der Waals surface area contributed by atoms with E-state index < -0.39 is 5.54 Å². The van der Waals surface area contributed by atoms with Gasteiger partial charge in [0.2, 0.25) is 5.91 Å². The Hall–Kier alpha value is -2.83. The van der Waals surface area contributed by atoms with Crippen LogP contribution in [0.15, 0.2) is 30.3 Å². The Morgan fingerprint density at radius 2 is 1.91 bits per heavy atom. The van der Waals surface area contributed by atoms with Gasteiger partial charge in [0.1, 0.15) is 17.0 Å². The number of fused-ring (bicyclic) bond motifs is 1. The second-order valence-electron chi connectivity index (χ2n) is 10.8. The maximum Gasteiger partial charge on any atom is 0.273 e. The van der Waals surface area contributed by atoms with Gasteiger partial charge in [0.15, 0.2) is 0 Å². The van der Waals surface area contributed by atoms with Crippen LogP contribution in [0.3, 0.4) is 0 Å². The Labute approximate surface area is 202 Å². The monoisotopic (exact) mass is 466 g/mol. The molecule has 0 radical (unpaired) electrons. The van der Waals surface area contributed by atoms with Crippen LogP contribution in [0.1, 0.15) is 88.5 Å². The minimum atomic E-state index is -1.07. The highest BCUT2D eigenvalue weighted by molar-refractivity contribution is 5.99. The van der Waals surface area contributed by atoms with Crippen LogP contribution in [0.4, 0.5) is 0 Å². The molecule has 1 aliphatic heterocycles. The van der Waals surface area contributed by atoms with E-state index in [4.69, 9.17) is 9.84 Å². The first-order chi connectivity index (χ1) is 16.1. The van der Waals surface area contributed by atoms with E-state index in [1.54, 1.807) is 9.58 Å². The topological polar surface area (TPSA) is 76.5 Å². The van der Waals surface area contributed by atoms with Crippen LogP contribution in [0.2, 0.25) is 0 Å². The molecule has 1 N–H and O–H groups in total. The molecule has 1 fully saturated rings. The van der Waals surface area contributed by atoms with Gasteiger partial charge in [-0.1, -0.05) is 58.2 Å². The van der Waals surface area contributed by atoms with Crippen molar-refractivity contribution in [3.63, 3.8) is 0 Å². The van der Waals surface area contributed by atoms with Crippen LogP contribution in [0.5, 0.6) is 5.75 Å². The summed E-state index contributed by atoms with van der Waals surface area (Å²) in [6.45, 7) is 11.2. The van der Waals surface area contributed by atoms with Crippen LogP contribution in [-0.2, 0) is 23.3 Å². The molecule has 4 rings (SSSR count). The summed E-state index contributed by atoms with van der Waals surface area (Å²) in [5, 5.41) is 8.02. The van der Waals surface area contributed by atoms with Crippen LogP contribution in [0.25, 0.3) is 0 Å². The third kappa shape index (κ3) is 4.70. The molecular weight excluding hydrogens is 428 g/mol. The summed E-state index contributed by atoms with van der Waals surface area (Å²) in [4.78, 5) is 29.4. The number of nitrogens with one attached hydrogen (secondary N) is 1. The molecule has 1 unspecified atom stereocenters. The fourth-order valence-electron chi connectivity index (χ4n) is 4.94. The quantitative estimate of drug-likeness (QED) is 0.683. The van der Waals surface area contributed by atoms with Crippen molar-refractivity contribution in [2.75, 3.05) is 6.61 Å². The van der Waals surface area contributed by atoms with E-state index in [0.717, 1.165) is 42.7 Å². The van der Waals surface area contributed by atoms with Crippen molar-refractivity contribution in [2.24, 2.45) is 0 Å². The van der Waals surface area contributed by atoms with Crippen LogP contribution in [-0.4, -0.2) is 44.7 Å². The van der Waals surface area contributed by atoms with E-state index in [1.807, 2.05) is 44.2 Å². The van der Waals surface area contributed by atoms with Crippen molar-refractivity contribution in [3.8, 4) is 5.75 Å². The standard InChI is InChI=1S/C27H38N4O3/c1-6-34-22-15-11-10-12-19(22)17-30-24(32)21-16-23(26(2,3)4)29-31(21)18-27(30,5)25(33)28-20-13-8-7-9-14-20/h10-12,15-16,20H,6-9,13-14,17-18H2,1-5H3,(H,28,33). The Morgan fingerprint density at radius 1 is 1.21 bits per heavy atom. The fraction of sp³-hybridized carbons (Fsp3) is 0.593. The molecule has 2 heterocycles. The highest BCUT2D eigenvalue weighted by Gasteiger charge is 2.49. The highest BCUT2D eigenvalue weighted by atomic mass is 16.5. The molecule has 1 aliphatic carbocycles. The molecule has 2 amide bonds. The number of ether oxygens (including phenoxy) is 1. The number of para-hydroxylation sites is 1. The summed E-state index contributed by atoms with van der Waals surface area (Å²) < 4.78 is 7.56. The number of aromatic nitrogens is 2. The fourth-order valence-corrected chi connectivity index (χ4v) is 4.94. The molecule has 7 heteroatoms. The lowest BCUT2D eigenvalue weighted by molar-refractivity contribution is -0.134. The van der Waals surface area contributed by atoms with Gasteiger partial charge in [-0.2, -0.15) is 5.10 Å². The predicted molar refractivity (Wildman–Crippen MR) is 132 cm³/mol. The first-order valence-electron chi connectivity index (χ1n) is 12.6. The number of carbonyl (C=O) groups excluding carboxylic acids is 2. The van der Waals surface area contributed by atoms with E-state index in [0.29, 0.717) is 25.4 Å². The molecule has 2 aromatic rings. The number of nitrogens with zero attached hydrogens (tertiary/aromatic N) is 3. The van der Waals surface area contributed by atoms with Crippen molar-refractivity contribution in [1.29, 1.82) is 0 Å². The number of carbonyl (C=O) groups is 2. The summed E-state index contributed by atoms with van der Waals surface area (Å²) >= 11 is 0. The Kier molecular flexibility index (Phi) is 6.74. The minimum Gasteiger partial charge on any atom is -0.494 e. The number of benzene rings is 1. The van der Waals surface area contributed by atoms with E-state index >= 15 is 0 Å². The normalized spacial score (nSPS) is 21.3. The van der Waals surface area contributed by atoms with Gasteiger partial charge >= 0.3 is 0 Å². The van der Waals surface area contributed by atoms with Crippen LogP contribution in [0, 0.1) is 0 Å². The SMILES string of the molecule is CCOc1ccccc1CN1C(=O)c2cc(C(C)(C)C)nn2CC1(C)C(=O)NC1CCCCC1. The van der Waals surface area contributed by atoms with Gasteiger partial charge in [0.25, 0.3) is 5.91 Å². The van der Waals surface area contributed by atoms with E-state index in [-0.39, 0.29) is 23.3 Å². The Bertz CT molecular complexity index is 1050. The van der Waals surface area contributed by atoms with E-state index in [1.165, 1.54) is 6.42 Å². The smallest absolute Gasteiger partial charge is 0.273 e. The largest absolute Gasteiger partial charge is 0.494 e. The minimum absolute atomic E-state index is 0.111. The average molecular weight is 467 g/mol. The predicted octanol–water partition coefficient (Wildman–Crippen LogP) is 4.44. The molecular formula is C27H38N4O3. The molecule has 0 bridgehead atoms.